The Morgan fingerprint density at radius 3 is 2.58 bits per heavy atom. The van der Waals surface area contributed by atoms with Crippen molar-refractivity contribution >= 4 is 5.95 Å². The molecular weight excluding hydrogens is 240 g/mol. The van der Waals surface area contributed by atoms with Crippen molar-refractivity contribution < 1.29 is 4.52 Å². The van der Waals surface area contributed by atoms with E-state index in [-0.39, 0.29) is 0 Å². The summed E-state index contributed by atoms with van der Waals surface area (Å²) >= 11 is 0. The zero-order valence-electron chi connectivity index (χ0n) is 10.9. The molecule has 1 saturated carbocycles. The Hall–Kier alpha value is -2.35. The van der Waals surface area contributed by atoms with Gasteiger partial charge in [-0.1, -0.05) is 12.1 Å². The third-order valence-corrected chi connectivity index (χ3v) is 3.41. The number of benzene rings is 1. The molecule has 19 heavy (non-hydrogen) atoms. The molecule has 2 atom stereocenters. The normalized spacial score (nSPS) is 20.9. The fourth-order valence-corrected chi connectivity index (χ4v) is 2.20. The lowest BCUT2D eigenvalue weighted by Crippen LogP contribution is -2.10. The average Bonchev–Trinajstić information content (AvgIpc) is 3.07. The van der Waals surface area contributed by atoms with E-state index in [4.69, 9.17) is 9.78 Å². The summed E-state index contributed by atoms with van der Waals surface area (Å²) < 4.78 is 5.29. The first-order valence-corrected chi connectivity index (χ1v) is 6.20. The number of rotatable bonds is 3. The van der Waals surface area contributed by atoms with Crippen LogP contribution in [0.5, 0.6) is 0 Å². The van der Waals surface area contributed by atoms with E-state index < -0.39 is 0 Å². The molecule has 2 aromatic rings. The van der Waals surface area contributed by atoms with E-state index in [1.165, 1.54) is 5.56 Å². The van der Waals surface area contributed by atoms with Crippen molar-refractivity contribution in [2.75, 3.05) is 19.0 Å². The summed E-state index contributed by atoms with van der Waals surface area (Å²) in [6, 6.07) is 9.84. The summed E-state index contributed by atoms with van der Waals surface area (Å²) in [7, 11) is 3.78. The standard InChI is InChI=1S/C14H14N4O/c1-18(2)14-16-13(19-17-14)12-7-11(12)10-5-3-9(8-15)4-6-10/h3-6,11-12H,7H2,1-2H3/t11-,12+/m0/s1. The van der Waals surface area contributed by atoms with Crippen LogP contribution >= 0.6 is 0 Å². The van der Waals surface area contributed by atoms with Crippen molar-refractivity contribution in [3.8, 4) is 6.07 Å². The lowest BCUT2D eigenvalue weighted by molar-refractivity contribution is 0.378. The number of nitriles is 1. The maximum Gasteiger partial charge on any atom is 0.265 e. The zero-order chi connectivity index (χ0) is 13.4. The van der Waals surface area contributed by atoms with Gasteiger partial charge in [-0.2, -0.15) is 10.2 Å². The van der Waals surface area contributed by atoms with Gasteiger partial charge in [0.1, 0.15) is 0 Å². The molecule has 1 heterocycles. The molecule has 0 amide bonds. The van der Waals surface area contributed by atoms with Gasteiger partial charge in [0, 0.05) is 20.0 Å². The number of aromatic nitrogens is 2. The fraction of sp³-hybridized carbons (Fsp3) is 0.357. The van der Waals surface area contributed by atoms with Crippen molar-refractivity contribution in [3.63, 3.8) is 0 Å². The molecule has 1 aromatic carbocycles. The van der Waals surface area contributed by atoms with Crippen molar-refractivity contribution in [1.29, 1.82) is 5.26 Å². The first-order valence-electron chi connectivity index (χ1n) is 6.20. The monoisotopic (exact) mass is 254 g/mol. The SMILES string of the molecule is CN(C)c1noc([C@@H]2C[C@H]2c2ccc(C#N)cc2)n1. The average molecular weight is 254 g/mol. The Labute approximate surface area is 111 Å². The molecule has 0 N–H and O–H groups in total. The van der Waals surface area contributed by atoms with Crippen LogP contribution in [0.3, 0.4) is 0 Å². The first kappa shape index (κ1) is 11.7. The second-order valence-corrected chi connectivity index (χ2v) is 5.01. The molecule has 96 valence electrons. The molecule has 0 aliphatic heterocycles. The van der Waals surface area contributed by atoms with Crippen LogP contribution in [0.25, 0.3) is 0 Å². The van der Waals surface area contributed by atoms with Crippen LogP contribution in [-0.2, 0) is 0 Å². The highest BCUT2D eigenvalue weighted by atomic mass is 16.5. The van der Waals surface area contributed by atoms with Gasteiger partial charge in [0.15, 0.2) is 0 Å². The molecule has 0 radical (unpaired) electrons. The van der Waals surface area contributed by atoms with Gasteiger partial charge in [-0.25, -0.2) is 0 Å². The third kappa shape index (κ3) is 2.17. The van der Waals surface area contributed by atoms with Gasteiger partial charge in [-0.05, 0) is 35.2 Å². The Balaban J connectivity index is 1.74. The smallest absolute Gasteiger partial charge is 0.265 e. The van der Waals surface area contributed by atoms with E-state index in [1.807, 2.05) is 43.3 Å². The van der Waals surface area contributed by atoms with Gasteiger partial charge in [-0.15, -0.1) is 0 Å². The Morgan fingerprint density at radius 2 is 2.00 bits per heavy atom. The van der Waals surface area contributed by atoms with Crippen molar-refractivity contribution in [2.24, 2.45) is 0 Å². The first-order chi connectivity index (χ1) is 9.19. The molecule has 5 heteroatoms. The highest BCUT2D eigenvalue weighted by Gasteiger charge is 2.43. The van der Waals surface area contributed by atoms with Gasteiger partial charge in [0.25, 0.3) is 5.95 Å². The molecular formula is C14H14N4O. The van der Waals surface area contributed by atoms with Gasteiger partial charge in [-0.3, -0.25) is 0 Å². The van der Waals surface area contributed by atoms with Crippen LogP contribution in [0.15, 0.2) is 28.8 Å². The molecule has 1 fully saturated rings. The molecule has 0 spiro atoms. The molecule has 3 rings (SSSR count). The van der Waals surface area contributed by atoms with E-state index in [2.05, 4.69) is 16.2 Å². The summed E-state index contributed by atoms with van der Waals surface area (Å²) in [5.74, 6) is 2.07. The van der Waals surface area contributed by atoms with Gasteiger partial charge in [0.2, 0.25) is 5.89 Å². The number of hydrogen-bond donors (Lipinski definition) is 0. The third-order valence-electron chi connectivity index (χ3n) is 3.41. The van der Waals surface area contributed by atoms with E-state index in [9.17, 15) is 0 Å². The second kappa shape index (κ2) is 4.39. The number of nitrogens with zero attached hydrogens (tertiary/aromatic N) is 4. The van der Waals surface area contributed by atoms with Crippen LogP contribution in [0, 0.1) is 11.3 Å². The van der Waals surface area contributed by atoms with Crippen LogP contribution < -0.4 is 4.90 Å². The predicted molar refractivity (Wildman–Crippen MR) is 69.9 cm³/mol. The van der Waals surface area contributed by atoms with Crippen LogP contribution in [0.4, 0.5) is 5.95 Å². The predicted octanol–water partition coefficient (Wildman–Crippen LogP) is 2.28. The Morgan fingerprint density at radius 1 is 1.26 bits per heavy atom. The zero-order valence-corrected chi connectivity index (χ0v) is 10.9. The molecule has 1 aliphatic carbocycles. The summed E-state index contributed by atoms with van der Waals surface area (Å²) in [5, 5.41) is 12.7. The summed E-state index contributed by atoms with van der Waals surface area (Å²) in [4.78, 5) is 6.20. The lowest BCUT2D eigenvalue weighted by Gasteiger charge is -2.02. The minimum atomic E-state index is 0.314. The molecule has 0 bridgehead atoms. The summed E-state index contributed by atoms with van der Waals surface area (Å²) in [5.41, 5.74) is 1.92. The van der Waals surface area contributed by atoms with Crippen molar-refractivity contribution in [3.05, 3.63) is 41.3 Å². The van der Waals surface area contributed by atoms with Crippen LogP contribution in [0.1, 0.15) is 35.3 Å². The minimum Gasteiger partial charge on any atom is -0.344 e. The van der Waals surface area contributed by atoms with Gasteiger partial charge >= 0.3 is 0 Å². The largest absolute Gasteiger partial charge is 0.344 e. The van der Waals surface area contributed by atoms with Crippen LogP contribution in [-0.4, -0.2) is 24.2 Å². The molecule has 0 unspecified atom stereocenters. The Kier molecular flexibility index (Phi) is 2.71. The van der Waals surface area contributed by atoms with E-state index in [0.29, 0.717) is 29.2 Å². The molecule has 0 saturated heterocycles. The highest BCUT2D eigenvalue weighted by molar-refractivity contribution is 5.37. The quantitative estimate of drug-likeness (QED) is 0.840. The molecule has 5 nitrogen and oxygen atoms in total. The minimum absolute atomic E-state index is 0.314. The van der Waals surface area contributed by atoms with Crippen LogP contribution in [0.2, 0.25) is 0 Å². The topological polar surface area (TPSA) is 66.0 Å². The maximum absolute atomic E-state index is 8.78. The molecule has 1 aliphatic rings. The Bertz CT molecular complexity index is 624. The highest BCUT2D eigenvalue weighted by Crippen LogP contribution is 2.54. The van der Waals surface area contributed by atoms with Gasteiger partial charge in [0.05, 0.1) is 11.6 Å². The number of anilines is 1. The van der Waals surface area contributed by atoms with Crippen molar-refractivity contribution in [2.45, 2.75) is 18.3 Å². The van der Waals surface area contributed by atoms with E-state index in [1.54, 1.807) is 0 Å². The number of hydrogen-bond acceptors (Lipinski definition) is 5. The second-order valence-electron chi connectivity index (χ2n) is 5.01. The van der Waals surface area contributed by atoms with E-state index in [0.717, 1.165) is 6.42 Å². The maximum atomic E-state index is 8.78. The lowest BCUT2D eigenvalue weighted by atomic mass is 10.1. The molecule has 1 aromatic heterocycles. The van der Waals surface area contributed by atoms with Gasteiger partial charge < -0.3 is 9.42 Å². The fourth-order valence-electron chi connectivity index (χ4n) is 2.20. The van der Waals surface area contributed by atoms with Crippen molar-refractivity contribution in [1.82, 2.24) is 10.1 Å². The summed E-state index contributed by atoms with van der Waals surface area (Å²) in [6.07, 6.45) is 1.03. The van der Waals surface area contributed by atoms with E-state index >= 15 is 0 Å². The summed E-state index contributed by atoms with van der Waals surface area (Å²) in [6.45, 7) is 0.